The predicted molar refractivity (Wildman–Crippen MR) is 173 cm³/mol. The van der Waals surface area contributed by atoms with Gasteiger partial charge in [0, 0.05) is 11.1 Å². The summed E-state index contributed by atoms with van der Waals surface area (Å²) >= 11 is 0. The maximum Gasteiger partial charge on any atom is 0.0719 e. The van der Waals surface area contributed by atoms with Crippen LogP contribution in [-0.4, -0.2) is 12.4 Å². The second-order valence-corrected chi connectivity index (χ2v) is 9.43. The Morgan fingerprint density at radius 2 is 1.62 bits per heavy atom. The van der Waals surface area contributed by atoms with Crippen LogP contribution in [0.25, 0.3) is 16.8 Å². The van der Waals surface area contributed by atoms with Gasteiger partial charge in [0.1, 0.15) is 0 Å². The van der Waals surface area contributed by atoms with E-state index >= 15 is 0 Å². The Balaban J connectivity index is 2.15. The summed E-state index contributed by atoms with van der Waals surface area (Å²) in [7, 11) is 0. The molecule has 0 aliphatic heterocycles. The molecule has 0 bridgehead atoms. The third kappa shape index (κ3) is 7.96. The molecule has 0 saturated carbocycles. The number of benzene rings is 3. The smallest absolute Gasteiger partial charge is 0.0719 e. The van der Waals surface area contributed by atoms with Gasteiger partial charge in [-0.2, -0.15) is 0 Å². The Hall–Kier alpha value is -4.56. The van der Waals surface area contributed by atoms with Gasteiger partial charge in [0.2, 0.25) is 0 Å². The van der Waals surface area contributed by atoms with E-state index < -0.39 is 0 Å². The molecule has 0 unspecified atom stereocenters. The third-order valence-electron chi connectivity index (χ3n) is 6.49. The second-order valence-electron chi connectivity index (χ2n) is 9.43. The monoisotopic (exact) mass is 510 g/mol. The maximum absolute atomic E-state index is 5.08. The molecule has 0 radical (unpaired) electrons. The second kappa shape index (κ2) is 14.4. The Bertz CT molecular complexity index is 1510. The molecule has 2 nitrogen and oxygen atoms in total. The van der Waals surface area contributed by atoms with E-state index in [0.717, 1.165) is 44.8 Å². The summed E-state index contributed by atoms with van der Waals surface area (Å²) in [6.07, 6.45) is 13.9. The summed E-state index contributed by atoms with van der Waals surface area (Å²) in [6.45, 7) is 20.9. The third-order valence-corrected chi connectivity index (χ3v) is 6.49. The first kappa shape index (κ1) is 29.0. The molecule has 0 fully saturated rings. The van der Waals surface area contributed by atoms with E-state index in [1.807, 2.05) is 37.3 Å². The highest BCUT2D eigenvalue weighted by molar-refractivity contribution is 6.13. The number of rotatable bonds is 11. The molecular formula is C37H38N2. The van der Waals surface area contributed by atoms with E-state index in [2.05, 4.69) is 118 Å². The molecule has 0 atom stereocenters. The van der Waals surface area contributed by atoms with Gasteiger partial charge in [0.25, 0.3) is 0 Å². The quantitative estimate of drug-likeness (QED) is 0.181. The van der Waals surface area contributed by atoms with Crippen molar-refractivity contribution in [3.63, 3.8) is 0 Å². The van der Waals surface area contributed by atoms with Crippen molar-refractivity contribution in [3.05, 3.63) is 161 Å². The van der Waals surface area contributed by atoms with Gasteiger partial charge in [-0.05, 0) is 80.0 Å². The Morgan fingerprint density at radius 1 is 0.897 bits per heavy atom. The molecular weight excluding hydrogens is 472 g/mol. The summed E-state index contributed by atoms with van der Waals surface area (Å²) in [5.41, 5.74) is 11.5. The molecule has 0 N–H and O–H groups in total. The molecule has 0 amide bonds. The van der Waals surface area contributed by atoms with Crippen LogP contribution in [0.3, 0.4) is 0 Å². The van der Waals surface area contributed by atoms with Crippen molar-refractivity contribution >= 4 is 29.3 Å². The van der Waals surface area contributed by atoms with E-state index in [4.69, 9.17) is 4.99 Å². The van der Waals surface area contributed by atoms with Crippen molar-refractivity contribution in [2.75, 3.05) is 0 Å². The van der Waals surface area contributed by atoms with Crippen molar-refractivity contribution in [3.8, 4) is 0 Å². The first-order chi connectivity index (χ1) is 18.9. The fourth-order valence-electron chi connectivity index (χ4n) is 4.37. The van der Waals surface area contributed by atoms with Crippen LogP contribution < -0.4 is 0 Å². The molecule has 0 spiro atoms. The molecule has 3 aromatic rings. The molecule has 196 valence electrons. The standard InChI is InChI=1S/C37H38N2/c1-8-10-16-28(4)32-19-13-20-33(24-32)36(39-26-31-18-12-15-27(3)23-31)25-37(38-7)35-22-14-21-34(30(35)6)29(5)17-11-9-2/h8-25H,1,4,7,26H2,2-3,5-6H3/b11-9-,16-10-,29-17+,37-25-,39-36+. The minimum Gasteiger partial charge on any atom is -0.280 e. The fraction of sp³-hybridized carbons (Fsp3) is 0.135. The minimum atomic E-state index is 0.559. The highest BCUT2D eigenvalue weighted by Crippen LogP contribution is 2.28. The van der Waals surface area contributed by atoms with Crippen LogP contribution in [0.1, 0.15) is 52.8 Å². The predicted octanol–water partition coefficient (Wildman–Crippen LogP) is 9.77. The average molecular weight is 511 g/mol. The summed E-state index contributed by atoms with van der Waals surface area (Å²) in [5, 5.41) is 0. The van der Waals surface area contributed by atoms with Gasteiger partial charge in [-0.15, -0.1) is 0 Å². The summed E-state index contributed by atoms with van der Waals surface area (Å²) < 4.78 is 0. The molecule has 3 rings (SSSR count). The summed E-state index contributed by atoms with van der Waals surface area (Å²) in [5.74, 6) is 0. The van der Waals surface area contributed by atoms with Gasteiger partial charge in [0.15, 0.2) is 0 Å². The van der Waals surface area contributed by atoms with Crippen LogP contribution in [0, 0.1) is 13.8 Å². The van der Waals surface area contributed by atoms with Gasteiger partial charge >= 0.3 is 0 Å². The lowest BCUT2D eigenvalue weighted by atomic mass is 9.94. The lowest BCUT2D eigenvalue weighted by Crippen LogP contribution is -2.02. The SMILES string of the molecule is C=C/C=C\C(=C)c1cccc(C(/C=C(\N=C)c2cccc(/C(C)=C/C=C\C)c2C)=N/Cc2cccc(C)c2)c1. The van der Waals surface area contributed by atoms with Crippen LogP contribution in [-0.2, 0) is 6.54 Å². The number of nitrogens with zero attached hydrogens (tertiary/aromatic N) is 2. The van der Waals surface area contributed by atoms with E-state index in [-0.39, 0.29) is 0 Å². The van der Waals surface area contributed by atoms with Gasteiger partial charge in [-0.25, -0.2) is 0 Å². The van der Waals surface area contributed by atoms with Gasteiger partial charge in [-0.1, -0.05) is 116 Å². The summed E-state index contributed by atoms with van der Waals surface area (Å²) in [6, 6.07) is 23.1. The maximum atomic E-state index is 5.08. The number of hydrogen-bond acceptors (Lipinski definition) is 2. The molecule has 39 heavy (non-hydrogen) atoms. The lowest BCUT2D eigenvalue weighted by Gasteiger charge is -2.13. The molecule has 0 aliphatic rings. The topological polar surface area (TPSA) is 24.7 Å². The highest BCUT2D eigenvalue weighted by atomic mass is 14.8. The van der Waals surface area contributed by atoms with Crippen LogP contribution in [0.2, 0.25) is 0 Å². The Labute approximate surface area is 234 Å². The number of allylic oxidation sites excluding steroid dienone is 9. The van der Waals surface area contributed by atoms with Gasteiger partial charge < -0.3 is 0 Å². The summed E-state index contributed by atoms with van der Waals surface area (Å²) in [4.78, 5) is 9.55. The molecule has 0 aliphatic carbocycles. The first-order valence-corrected chi connectivity index (χ1v) is 13.1. The fourth-order valence-corrected chi connectivity index (χ4v) is 4.37. The van der Waals surface area contributed by atoms with Crippen LogP contribution >= 0.6 is 0 Å². The van der Waals surface area contributed by atoms with Crippen molar-refractivity contribution in [1.82, 2.24) is 0 Å². The molecule has 0 heterocycles. The van der Waals surface area contributed by atoms with E-state index in [0.29, 0.717) is 6.54 Å². The lowest BCUT2D eigenvalue weighted by molar-refractivity contribution is 1.06. The number of aliphatic imine (C=N–C) groups is 2. The van der Waals surface area contributed by atoms with Crippen molar-refractivity contribution < 1.29 is 0 Å². The van der Waals surface area contributed by atoms with E-state index in [9.17, 15) is 0 Å². The number of aryl methyl sites for hydroxylation is 1. The zero-order valence-electron chi connectivity index (χ0n) is 23.6. The average Bonchev–Trinajstić information content (AvgIpc) is 2.95. The minimum absolute atomic E-state index is 0.559. The Kier molecular flexibility index (Phi) is 10.7. The molecule has 0 saturated heterocycles. The van der Waals surface area contributed by atoms with E-state index in [1.54, 1.807) is 6.08 Å². The molecule has 2 heteroatoms. The largest absolute Gasteiger partial charge is 0.280 e. The van der Waals surface area contributed by atoms with Crippen molar-refractivity contribution in [1.29, 1.82) is 0 Å². The number of hydrogen-bond donors (Lipinski definition) is 0. The van der Waals surface area contributed by atoms with Crippen LogP contribution in [0.15, 0.2) is 132 Å². The zero-order valence-corrected chi connectivity index (χ0v) is 23.6. The Morgan fingerprint density at radius 3 is 2.33 bits per heavy atom. The van der Waals surface area contributed by atoms with Gasteiger partial charge in [-0.3, -0.25) is 9.98 Å². The molecule has 3 aromatic carbocycles. The van der Waals surface area contributed by atoms with Crippen LogP contribution in [0.5, 0.6) is 0 Å². The zero-order chi connectivity index (χ0) is 28.2. The van der Waals surface area contributed by atoms with Crippen LogP contribution in [0.4, 0.5) is 0 Å². The van der Waals surface area contributed by atoms with Gasteiger partial charge in [0.05, 0.1) is 18.0 Å². The van der Waals surface area contributed by atoms with Crippen molar-refractivity contribution in [2.24, 2.45) is 9.98 Å². The first-order valence-electron chi connectivity index (χ1n) is 13.1. The van der Waals surface area contributed by atoms with E-state index in [1.165, 1.54) is 16.7 Å². The van der Waals surface area contributed by atoms with Crippen molar-refractivity contribution in [2.45, 2.75) is 34.2 Å². The highest BCUT2D eigenvalue weighted by Gasteiger charge is 2.12. The normalized spacial score (nSPS) is 12.8. The molecule has 0 aromatic heterocycles.